The summed E-state index contributed by atoms with van der Waals surface area (Å²) >= 11 is 3.20. The van der Waals surface area contributed by atoms with Gasteiger partial charge in [0.15, 0.2) is 0 Å². The van der Waals surface area contributed by atoms with Gasteiger partial charge in [-0.05, 0) is 48.0 Å². The number of hydrogen-bond donors (Lipinski definition) is 1. The Morgan fingerprint density at radius 3 is 2.53 bits per heavy atom. The highest BCUT2D eigenvalue weighted by Gasteiger charge is 2.19. The molecular formula is C23H27N3O2S2. The number of thiophene rings is 2. The Kier molecular flexibility index (Phi) is 7.39. The van der Waals surface area contributed by atoms with Crippen LogP contribution in [0.25, 0.3) is 0 Å². The lowest BCUT2D eigenvalue weighted by atomic mass is 10.2. The van der Waals surface area contributed by atoms with E-state index in [4.69, 9.17) is 4.74 Å². The van der Waals surface area contributed by atoms with Crippen molar-refractivity contribution in [3.05, 3.63) is 69.0 Å². The van der Waals surface area contributed by atoms with E-state index in [-0.39, 0.29) is 5.91 Å². The predicted octanol–water partition coefficient (Wildman–Crippen LogP) is 4.33. The van der Waals surface area contributed by atoms with Crippen molar-refractivity contribution in [2.45, 2.75) is 13.0 Å². The molecule has 0 unspecified atom stereocenters. The van der Waals surface area contributed by atoms with Crippen molar-refractivity contribution in [3.63, 3.8) is 0 Å². The number of nitrogens with zero attached hydrogens (tertiary/aromatic N) is 2. The van der Waals surface area contributed by atoms with Crippen LogP contribution in [0.5, 0.6) is 5.75 Å². The first-order chi connectivity index (χ1) is 14.8. The van der Waals surface area contributed by atoms with Gasteiger partial charge >= 0.3 is 0 Å². The number of benzene rings is 1. The van der Waals surface area contributed by atoms with Gasteiger partial charge in [-0.3, -0.25) is 9.69 Å². The number of amides is 1. The monoisotopic (exact) mass is 441 g/mol. The predicted molar refractivity (Wildman–Crippen MR) is 125 cm³/mol. The van der Waals surface area contributed by atoms with Crippen molar-refractivity contribution in [2.75, 3.05) is 44.2 Å². The Balaban J connectivity index is 1.20. The largest absolute Gasteiger partial charge is 0.486 e. The van der Waals surface area contributed by atoms with Crippen LogP contribution < -0.4 is 15.0 Å². The minimum atomic E-state index is 0.0361. The van der Waals surface area contributed by atoms with E-state index in [0.29, 0.717) is 6.61 Å². The van der Waals surface area contributed by atoms with Gasteiger partial charge in [-0.1, -0.05) is 24.3 Å². The van der Waals surface area contributed by atoms with E-state index in [2.05, 4.69) is 50.8 Å². The zero-order valence-electron chi connectivity index (χ0n) is 17.0. The molecule has 1 amide bonds. The minimum Gasteiger partial charge on any atom is -0.486 e. The molecule has 5 nitrogen and oxygen atoms in total. The van der Waals surface area contributed by atoms with Gasteiger partial charge in [-0.15, -0.1) is 22.7 Å². The summed E-state index contributed by atoms with van der Waals surface area (Å²) in [6.07, 6.45) is 0.970. The molecule has 0 atom stereocenters. The van der Waals surface area contributed by atoms with Crippen LogP contribution in [-0.2, 0) is 6.61 Å². The number of nitrogens with one attached hydrogen (secondary N) is 1. The molecule has 0 aliphatic carbocycles. The lowest BCUT2D eigenvalue weighted by Crippen LogP contribution is -2.47. The van der Waals surface area contributed by atoms with E-state index in [1.54, 1.807) is 11.3 Å². The first-order valence-corrected chi connectivity index (χ1v) is 12.1. The van der Waals surface area contributed by atoms with Crippen LogP contribution in [-0.4, -0.2) is 50.1 Å². The Bertz CT molecular complexity index is 904. The summed E-state index contributed by atoms with van der Waals surface area (Å²) in [6, 6.07) is 16.3. The van der Waals surface area contributed by atoms with Crippen LogP contribution in [0.2, 0.25) is 0 Å². The van der Waals surface area contributed by atoms with E-state index in [0.717, 1.165) is 56.3 Å². The minimum absolute atomic E-state index is 0.0361. The molecule has 3 aromatic rings. The van der Waals surface area contributed by atoms with Gasteiger partial charge in [0.25, 0.3) is 5.91 Å². The topological polar surface area (TPSA) is 44.8 Å². The Morgan fingerprint density at radius 1 is 0.967 bits per heavy atom. The van der Waals surface area contributed by atoms with Crippen LogP contribution in [0.3, 0.4) is 0 Å². The number of piperazine rings is 1. The molecule has 30 heavy (non-hydrogen) atoms. The number of anilines is 1. The molecule has 1 aliphatic heterocycles. The van der Waals surface area contributed by atoms with Crippen molar-refractivity contribution in [1.29, 1.82) is 0 Å². The molecule has 1 aromatic carbocycles. The van der Waals surface area contributed by atoms with Gasteiger partial charge in [0.2, 0.25) is 0 Å². The van der Waals surface area contributed by atoms with Gasteiger partial charge in [0, 0.05) is 37.6 Å². The quantitative estimate of drug-likeness (QED) is 0.502. The van der Waals surface area contributed by atoms with Crippen LogP contribution in [0.4, 0.5) is 5.69 Å². The fraction of sp³-hybridized carbons (Fsp3) is 0.348. The van der Waals surface area contributed by atoms with E-state index >= 15 is 0 Å². The van der Waals surface area contributed by atoms with Gasteiger partial charge in [0.05, 0.1) is 10.6 Å². The summed E-state index contributed by atoms with van der Waals surface area (Å²) in [5.74, 6) is 0.990. The number of hydrogen-bond acceptors (Lipinski definition) is 6. The molecule has 4 rings (SSSR count). The normalized spacial score (nSPS) is 14.6. The van der Waals surface area contributed by atoms with E-state index in [1.165, 1.54) is 21.9 Å². The van der Waals surface area contributed by atoms with Crippen LogP contribution in [0.15, 0.2) is 59.3 Å². The molecule has 1 saturated heterocycles. The molecule has 1 aliphatic rings. The summed E-state index contributed by atoms with van der Waals surface area (Å²) in [6.45, 7) is 6.37. The van der Waals surface area contributed by atoms with Crippen LogP contribution >= 0.6 is 22.7 Å². The van der Waals surface area contributed by atoms with Gasteiger partial charge in [-0.2, -0.15) is 0 Å². The maximum Gasteiger partial charge on any atom is 0.261 e. The average Bonchev–Trinajstić information content (AvgIpc) is 3.50. The molecule has 0 bridgehead atoms. The molecular weight excluding hydrogens is 414 g/mol. The molecule has 1 fully saturated rings. The Hall–Kier alpha value is -2.35. The number of carbonyl (C=O) groups is 1. The van der Waals surface area contributed by atoms with Gasteiger partial charge in [-0.25, -0.2) is 0 Å². The molecule has 0 saturated carbocycles. The standard InChI is InChI=1S/C23H27N3O2S2/c27-23(22-9-4-17-30-22)24-10-5-11-25-12-14-26(15-13-25)20-7-1-2-8-21(20)28-18-19-6-3-16-29-19/h1-4,6-9,16-17H,5,10-15,18H2,(H,24,27). The first-order valence-electron chi connectivity index (χ1n) is 10.3. The van der Waals surface area contributed by atoms with Crippen molar-refractivity contribution >= 4 is 34.3 Å². The van der Waals surface area contributed by atoms with Gasteiger partial charge < -0.3 is 15.0 Å². The van der Waals surface area contributed by atoms with Crippen molar-refractivity contribution < 1.29 is 9.53 Å². The molecule has 3 heterocycles. The Labute approximate surface area is 185 Å². The molecule has 0 spiro atoms. The summed E-state index contributed by atoms with van der Waals surface area (Å²) in [5, 5.41) is 7.02. The highest BCUT2D eigenvalue weighted by atomic mass is 32.1. The van der Waals surface area contributed by atoms with Gasteiger partial charge in [0.1, 0.15) is 12.4 Å². The van der Waals surface area contributed by atoms with E-state index < -0.39 is 0 Å². The third-order valence-corrected chi connectivity index (χ3v) is 6.93. The second-order valence-electron chi connectivity index (χ2n) is 7.25. The number of rotatable bonds is 9. The zero-order valence-corrected chi connectivity index (χ0v) is 18.6. The van der Waals surface area contributed by atoms with E-state index in [9.17, 15) is 4.79 Å². The van der Waals surface area contributed by atoms with Crippen LogP contribution in [0, 0.1) is 0 Å². The fourth-order valence-electron chi connectivity index (χ4n) is 3.60. The van der Waals surface area contributed by atoms with Crippen molar-refractivity contribution in [3.8, 4) is 5.75 Å². The number of ether oxygens (including phenoxy) is 1. The van der Waals surface area contributed by atoms with Crippen LogP contribution in [0.1, 0.15) is 21.0 Å². The average molecular weight is 442 g/mol. The first kappa shape index (κ1) is 20.9. The number of carbonyl (C=O) groups excluding carboxylic acids is 1. The second-order valence-corrected chi connectivity index (χ2v) is 9.23. The maximum atomic E-state index is 12.0. The molecule has 1 N–H and O–H groups in total. The summed E-state index contributed by atoms with van der Waals surface area (Å²) in [5.41, 5.74) is 1.18. The summed E-state index contributed by atoms with van der Waals surface area (Å²) < 4.78 is 6.11. The maximum absolute atomic E-state index is 12.0. The summed E-state index contributed by atoms with van der Waals surface area (Å²) in [4.78, 5) is 18.9. The highest BCUT2D eigenvalue weighted by Crippen LogP contribution is 2.30. The lowest BCUT2D eigenvalue weighted by Gasteiger charge is -2.36. The molecule has 7 heteroatoms. The molecule has 2 aromatic heterocycles. The Morgan fingerprint density at radius 2 is 1.77 bits per heavy atom. The third-order valence-electron chi connectivity index (χ3n) is 5.21. The van der Waals surface area contributed by atoms with E-state index in [1.807, 2.05) is 23.6 Å². The zero-order chi connectivity index (χ0) is 20.6. The molecule has 0 radical (unpaired) electrons. The SMILES string of the molecule is O=C(NCCCN1CCN(c2ccccc2OCc2cccs2)CC1)c1cccs1. The fourth-order valence-corrected chi connectivity index (χ4v) is 4.85. The smallest absolute Gasteiger partial charge is 0.261 e. The highest BCUT2D eigenvalue weighted by molar-refractivity contribution is 7.12. The van der Waals surface area contributed by atoms with Crippen molar-refractivity contribution in [1.82, 2.24) is 10.2 Å². The second kappa shape index (κ2) is 10.6. The third kappa shape index (κ3) is 5.62. The van der Waals surface area contributed by atoms with Crippen molar-refractivity contribution in [2.24, 2.45) is 0 Å². The lowest BCUT2D eigenvalue weighted by molar-refractivity contribution is 0.0955. The number of para-hydroxylation sites is 2. The molecule has 158 valence electrons. The summed E-state index contributed by atoms with van der Waals surface area (Å²) in [7, 11) is 0.